The molecule has 4 heteroatoms. The lowest BCUT2D eigenvalue weighted by Crippen LogP contribution is -2.37. The number of carbonyl (C=O) groups excluding carboxylic acids is 1. The molecule has 0 bridgehead atoms. The molecule has 2 rings (SSSR count). The SMILES string of the molecule is CC1CCN(C(=O)c2ccc(F)cc2O)CC1. The van der Waals surface area contributed by atoms with Crippen molar-refractivity contribution in [2.75, 3.05) is 13.1 Å². The van der Waals surface area contributed by atoms with E-state index in [1.54, 1.807) is 4.90 Å². The van der Waals surface area contributed by atoms with Crippen LogP contribution in [-0.4, -0.2) is 29.0 Å². The van der Waals surface area contributed by atoms with Gasteiger partial charge in [-0.2, -0.15) is 0 Å². The van der Waals surface area contributed by atoms with E-state index in [4.69, 9.17) is 0 Å². The fourth-order valence-corrected chi connectivity index (χ4v) is 2.07. The Morgan fingerprint density at radius 1 is 1.41 bits per heavy atom. The Morgan fingerprint density at radius 2 is 2.06 bits per heavy atom. The van der Waals surface area contributed by atoms with Gasteiger partial charge in [0.2, 0.25) is 0 Å². The zero-order chi connectivity index (χ0) is 12.4. The van der Waals surface area contributed by atoms with Gasteiger partial charge in [0.25, 0.3) is 5.91 Å². The molecule has 0 aliphatic carbocycles. The van der Waals surface area contributed by atoms with Gasteiger partial charge in [0.15, 0.2) is 0 Å². The number of nitrogens with zero attached hydrogens (tertiary/aromatic N) is 1. The van der Waals surface area contributed by atoms with E-state index in [0.717, 1.165) is 18.9 Å². The number of halogens is 1. The van der Waals surface area contributed by atoms with E-state index in [1.165, 1.54) is 12.1 Å². The first-order valence-electron chi connectivity index (χ1n) is 5.85. The lowest BCUT2D eigenvalue weighted by molar-refractivity contribution is 0.0694. The number of hydrogen-bond acceptors (Lipinski definition) is 2. The molecule has 1 aromatic rings. The molecule has 1 heterocycles. The van der Waals surface area contributed by atoms with Crippen molar-refractivity contribution < 1.29 is 14.3 Å². The molecule has 1 aliphatic rings. The van der Waals surface area contributed by atoms with Crippen LogP contribution in [0.2, 0.25) is 0 Å². The molecular weight excluding hydrogens is 221 g/mol. The number of benzene rings is 1. The van der Waals surface area contributed by atoms with Crippen molar-refractivity contribution in [1.82, 2.24) is 4.90 Å². The van der Waals surface area contributed by atoms with Crippen LogP contribution in [0.5, 0.6) is 5.75 Å². The Hall–Kier alpha value is -1.58. The number of piperidine rings is 1. The lowest BCUT2D eigenvalue weighted by atomic mass is 9.98. The van der Waals surface area contributed by atoms with Crippen LogP contribution in [0.15, 0.2) is 18.2 Å². The first-order valence-corrected chi connectivity index (χ1v) is 5.85. The maximum atomic E-state index is 12.8. The molecule has 1 fully saturated rings. The predicted molar refractivity (Wildman–Crippen MR) is 62.4 cm³/mol. The summed E-state index contributed by atoms with van der Waals surface area (Å²) < 4.78 is 12.8. The summed E-state index contributed by atoms with van der Waals surface area (Å²) in [6.07, 6.45) is 1.96. The summed E-state index contributed by atoms with van der Waals surface area (Å²) in [7, 11) is 0. The number of aromatic hydroxyl groups is 1. The summed E-state index contributed by atoms with van der Waals surface area (Å²) in [5, 5.41) is 9.56. The second-order valence-electron chi connectivity index (χ2n) is 4.64. The van der Waals surface area contributed by atoms with E-state index < -0.39 is 5.82 Å². The van der Waals surface area contributed by atoms with Crippen LogP contribution in [0.3, 0.4) is 0 Å². The van der Waals surface area contributed by atoms with E-state index in [2.05, 4.69) is 6.92 Å². The van der Waals surface area contributed by atoms with Crippen LogP contribution >= 0.6 is 0 Å². The average Bonchev–Trinajstić information content (AvgIpc) is 2.29. The second kappa shape index (κ2) is 4.73. The Bertz CT molecular complexity index is 425. The molecule has 0 spiro atoms. The highest BCUT2D eigenvalue weighted by molar-refractivity contribution is 5.96. The third-order valence-corrected chi connectivity index (χ3v) is 3.26. The highest BCUT2D eigenvalue weighted by Crippen LogP contribution is 2.23. The van der Waals surface area contributed by atoms with Gasteiger partial charge >= 0.3 is 0 Å². The van der Waals surface area contributed by atoms with Gasteiger partial charge in [-0.1, -0.05) is 6.92 Å². The number of likely N-dealkylation sites (tertiary alicyclic amines) is 1. The minimum Gasteiger partial charge on any atom is -0.507 e. The van der Waals surface area contributed by atoms with Crippen LogP contribution in [0.4, 0.5) is 4.39 Å². The Morgan fingerprint density at radius 3 is 2.65 bits per heavy atom. The van der Waals surface area contributed by atoms with E-state index in [0.29, 0.717) is 19.0 Å². The number of amides is 1. The van der Waals surface area contributed by atoms with Gasteiger partial charge in [0, 0.05) is 19.2 Å². The maximum Gasteiger partial charge on any atom is 0.257 e. The van der Waals surface area contributed by atoms with Gasteiger partial charge in [0.1, 0.15) is 11.6 Å². The van der Waals surface area contributed by atoms with Crippen molar-refractivity contribution in [2.45, 2.75) is 19.8 Å². The van der Waals surface area contributed by atoms with E-state index in [1.807, 2.05) is 0 Å². The molecule has 1 amide bonds. The van der Waals surface area contributed by atoms with Crippen LogP contribution < -0.4 is 0 Å². The number of hydrogen-bond donors (Lipinski definition) is 1. The Balaban J connectivity index is 2.14. The molecule has 1 aliphatic heterocycles. The molecule has 0 unspecified atom stereocenters. The van der Waals surface area contributed by atoms with Crippen molar-refractivity contribution in [3.05, 3.63) is 29.6 Å². The summed E-state index contributed by atoms with van der Waals surface area (Å²) in [6, 6.07) is 3.50. The van der Waals surface area contributed by atoms with Crippen LogP contribution in [0, 0.1) is 11.7 Å². The molecule has 3 nitrogen and oxygen atoms in total. The number of rotatable bonds is 1. The second-order valence-corrected chi connectivity index (χ2v) is 4.64. The standard InChI is InChI=1S/C13H16FNO2/c1-9-4-6-15(7-5-9)13(17)11-3-2-10(14)8-12(11)16/h2-3,8-9,16H,4-7H2,1H3. The molecule has 0 aromatic heterocycles. The van der Waals surface area contributed by atoms with Gasteiger partial charge in [0.05, 0.1) is 5.56 Å². The topological polar surface area (TPSA) is 40.5 Å². The summed E-state index contributed by atoms with van der Waals surface area (Å²) in [5.41, 5.74) is 0.181. The molecule has 0 atom stereocenters. The molecule has 17 heavy (non-hydrogen) atoms. The first kappa shape index (κ1) is 11.9. The van der Waals surface area contributed by atoms with Gasteiger partial charge < -0.3 is 10.0 Å². The largest absolute Gasteiger partial charge is 0.507 e. The van der Waals surface area contributed by atoms with Crippen LogP contribution in [-0.2, 0) is 0 Å². The molecule has 1 aromatic carbocycles. The third-order valence-electron chi connectivity index (χ3n) is 3.26. The summed E-state index contributed by atoms with van der Waals surface area (Å²) in [5.74, 6) is -0.393. The summed E-state index contributed by atoms with van der Waals surface area (Å²) in [4.78, 5) is 13.8. The van der Waals surface area contributed by atoms with Crippen LogP contribution in [0.25, 0.3) is 0 Å². The lowest BCUT2D eigenvalue weighted by Gasteiger charge is -2.30. The van der Waals surface area contributed by atoms with E-state index in [9.17, 15) is 14.3 Å². The Kier molecular flexibility index (Phi) is 3.31. The minimum absolute atomic E-state index is 0.181. The fourth-order valence-electron chi connectivity index (χ4n) is 2.07. The highest BCUT2D eigenvalue weighted by atomic mass is 19.1. The molecule has 92 valence electrons. The minimum atomic E-state index is -0.536. The smallest absolute Gasteiger partial charge is 0.257 e. The van der Waals surface area contributed by atoms with E-state index >= 15 is 0 Å². The van der Waals surface area contributed by atoms with Gasteiger partial charge in [-0.25, -0.2) is 4.39 Å². The average molecular weight is 237 g/mol. The van der Waals surface area contributed by atoms with Gasteiger partial charge in [-0.05, 0) is 30.9 Å². The quantitative estimate of drug-likeness (QED) is 0.814. The summed E-state index contributed by atoms with van der Waals surface area (Å²) >= 11 is 0. The predicted octanol–water partition coefficient (Wildman–Crippen LogP) is 2.40. The monoisotopic (exact) mass is 237 g/mol. The number of phenolic OH excluding ortho intramolecular Hbond substituents is 1. The Labute approximate surface area is 99.9 Å². The molecule has 1 saturated heterocycles. The number of phenols is 1. The van der Waals surface area contributed by atoms with Gasteiger partial charge in [-0.3, -0.25) is 4.79 Å². The zero-order valence-corrected chi connectivity index (χ0v) is 9.82. The van der Waals surface area contributed by atoms with Gasteiger partial charge in [-0.15, -0.1) is 0 Å². The van der Waals surface area contributed by atoms with Crippen LogP contribution in [0.1, 0.15) is 30.1 Å². The molecular formula is C13H16FNO2. The normalized spacial score (nSPS) is 17.2. The van der Waals surface area contributed by atoms with Crippen molar-refractivity contribution in [1.29, 1.82) is 0 Å². The highest BCUT2D eigenvalue weighted by Gasteiger charge is 2.23. The van der Waals surface area contributed by atoms with Crippen molar-refractivity contribution in [2.24, 2.45) is 5.92 Å². The maximum absolute atomic E-state index is 12.8. The third kappa shape index (κ3) is 2.57. The zero-order valence-electron chi connectivity index (χ0n) is 9.82. The molecule has 1 N–H and O–H groups in total. The van der Waals surface area contributed by atoms with E-state index in [-0.39, 0.29) is 17.2 Å². The molecule has 0 radical (unpaired) electrons. The van der Waals surface area contributed by atoms with Crippen molar-refractivity contribution >= 4 is 5.91 Å². The first-order chi connectivity index (χ1) is 8.08. The summed E-state index contributed by atoms with van der Waals surface area (Å²) in [6.45, 7) is 3.57. The van der Waals surface area contributed by atoms with Crippen molar-refractivity contribution in [3.8, 4) is 5.75 Å². The molecule has 0 saturated carbocycles. The fraction of sp³-hybridized carbons (Fsp3) is 0.462. The van der Waals surface area contributed by atoms with Crippen molar-refractivity contribution in [3.63, 3.8) is 0 Å². The number of carbonyl (C=O) groups is 1.